The maximum atomic E-state index is 12.1. The van der Waals surface area contributed by atoms with Gasteiger partial charge in [0, 0.05) is 13.7 Å². The summed E-state index contributed by atoms with van der Waals surface area (Å²) in [7, 11) is 1.54. The molecule has 1 amide bonds. The largest absolute Gasteiger partial charge is 0.455 e. The summed E-state index contributed by atoms with van der Waals surface area (Å²) in [6, 6.07) is 15.1. The molecule has 130 valence electrons. The number of methoxy groups -OCH3 is 1. The molecule has 3 N–H and O–H groups in total. The van der Waals surface area contributed by atoms with Crippen LogP contribution >= 0.6 is 12.4 Å². The van der Waals surface area contributed by atoms with Gasteiger partial charge < -0.3 is 20.5 Å². The van der Waals surface area contributed by atoms with E-state index in [1.807, 2.05) is 49.4 Å². The van der Waals surface area contributed by atoms with E-state index in [1.165, 1.54) is 0 Å². The summed E-state index contributed by atoms with van der Waals surface area (Å²) in [5.41, 5.74) is 7.26. The molecule has 6 heteroatoms. The molecule has 1 unspecified atom stereocenters. The van der Waals surface area contributed by atoms with Gasteiger partial charge in [-0.1, -0.05) is 24.3 Å². The SMILES string of the molecule is COC(CN)CC(=O)Nc1ccccc1Oc1cccc(C)c1.Cl. The predicted octanol–water partition coefficient (Wildman–Crippen LogP) is 3.51. The Kier molecular flexibility index (Phi) is 8.26. The fourth-order valence-electron chi connectivity index (χ4n) is 2.14. The number of anilines is 1. The van der Waals surface area contributed by atoms with Crippen LogP contribution in [0.25, 0.3) is 0 Å². The molecular weight excluding hydrogens is 328 g/mol. The fraction of sp³-hybridized carbons (Fsp3) is 0.278. The zero-order valence-corrected chi connectivity index (χ0v) is 14.6. The Balaban J connectivity index is 0.00000288. The number of hydrogen-bond acceptors (Lipinski definition) is 4. The van der Waals surface area contributed by atoms with Gasteiger partial charge >= 0.3 is 0 Å². The van der Waals surface area contributed by atoms with Crippen LogP contribution in [0.1, 0.15) is 12.0 Å². The molecule has 0 fully saturated rings. The minimum absolute atomic E-state index is 0. The van der Waals surface area contributed by atoms with E-state index in [-0.39, 0.29) is 30.8 Å². The van der Waals surface area contributed by atoms with Crippen LogP contribution in [-0.4, -0.2) is 25.7 Å². The zero-order chi connectivity index (χ0) is 16.7. The topological polar surface area (TPSA) is 73.6 Å². The first-order valence-electron chi connectivity index (χ1n) is 7.48. The van der Waals surface area contributed by atoms with E-state index in [2.05, 4.69) is 5.32 Å². The molecule has 0 heterocycles. The number of carbonyl (C=O) groups is 1. The van der Waals surface area contributed by atoms with Gasteiger partial charge in [0.15, 0.2) is 5.75 Å². The molecule has 0 aliphatic rings. The average molecular weight is 351 g/mol. The molecule has 0 aliphatic carbocycles. The molecule has 1 atom stereocenters. The van der Waals surface area contributed by atoms with Crippen molar-refractivity contribution in [1.82, 2.24) is 0 Å². The zero-order valence-electron chi connectivity index (χ0n) is 13.8. The molecule has 24 heavy (non-hydrogen) atoms. The van der Waals surface area contributed by atoms with Gasteiger partial charge in [0.2, 0.25) is 5.91 Å². The van der Waals surface area contributed by atoms with Crippen molar-refractivity contribution in [1.29, 1.82) is 0 Å². The number of nitrogens with two attached hydrogens (primary N) is 1. The highest BCUT2D eigenvalue weighted by Gasteiger charge is 2.13. The number of nitrogens with one attached hydrogen (secondary N) is 1. The van der Waals surface area contributed by atoms with Crippen molar-refractivity contribution >= 4 is 24.0 Å². The smallest absolute Gasteiger partial charge is 0.227 e. The molecule has 0 bridgehead atoms. The van der Waals surface area contributed by atoms with Crippen molar-refractivity contribution < 1.29 is 14.3 Å². The fourth-order valence-corrected chi connectivity index (χ4v) is 2.14. The first-order chi connectivity index (χ1) is 11.1. The van der Waals surface area contributed by atoms with Crippen LogP contribution in [0.15, 0.2) is 48.5 Å². The second-order valence-corrected chi connectivity index (χ2v) is 5.26. The van der Waals surface area contributed by atoms with Gasteiger partial charge in [-0.15, -0.1) is 12.4 Å². The Morgan fingerprint density at radius 3 is 2.62 bits per heavy atom. The van der Waals surface area contributed by atoms with Crippen LogP contribution in [0.5, 0.6) is 11.5 Å². The maximum Gasteiger partial charge on any atom is 0.227 e. The van der Waals surface area contributed by atoms with Gasteiger partial charge in [-0.2, -0.15) is 0 Å². The lowest BCUT2D eigenvalue weighted by Crippen LogP contribution is -2.28. The van der Waals surface area contributed by atoms with Crippen LogP contribution in [0.4, 0.5) is 5.69 Å². The summed E-state index contributed by atoms with van der Waals surface area (Å²) in [6.45, 7) is 2.30. The third-order valence-corrected chi connectivity index (χ3v) is 3.39. The molecule has 0 aliphatic heterocycles. The van der Waals surface area contributed by atoms with E-state index < -0.39 is 0 Å². The molecule has 0 saturated heterocycles. The average Bonchev–Trinajstić information content (AvgIpc) is 2.54. The van der Waals surface area contributed by atoms with Crippen LogP contribution in [0.2, 0.25) is 0 Å². The summed E-state index contributed by atoms with van der Waals surface area (Å²) in [5.74, 6) is 1.15. The molecule has 5 nitrogen and oxygen atoms in total. The molecule has 2 aromatic carbocycles. The first kappa shape index (κ1) is 20.0. The Hall–Kier alpha value is -2.08. The minimum Gasteiger partial charge on any atom is -0.455 e. The summed E-state index contributed by atoms with van der Waals surface area (Å²) in [5, 5.41) is 2.85. The highest BCUT2D eigenvalue weighted by atomic mass is 35.5. The van der Waals surface area contributed by atoms with Gasteiger partial charge in [0.25, 0.3) is 0 Å². The highest BCUT2D eigenvalue weighted by molar-refractivity contribution is 5.92. The molecular formula is C18H23ClN2O3. The Morgan fingerprint density at radius 2 is 1.96 bits per heavy atom. The normalized spacial score (nSPS) is 11.3. The number of carbonyl (C=O) groups excluding carboxylic acids is 1. The lowest BCUT2D eigenvalue weighted by molar-refractivity contribution is -0.118. The monoisotopic (exact) mass is 350 g/mol. The van der Waals surface area contributed by atoms with Gasteiger partial charge in [-0.25, -0.2) is 0 Å². The van der Waals surface area contributed by atoms with Crippen LogP contribution in [-0.2, 0) is 9.53 Å². The van der Waals surface area contributed by atoms with Gasteiger partial charge in [0.1, 0.15) is 5.75 Å². The summed E-state index contributed by atoms with van der Waals surface area (Å²) >= 11 is 0. The van der Waals surface area contributed by atoms with Gasteiger partial charge in [-0.3, -0.25) is 4.79 Å². The second-order valence-electron chi connectivity index (χ2n) is 5.26. The van der Waals surface area contributed by atoms with Crippen molar-refractivity contribution in [2.24, 2.45) is 5.73 Å². The first-order valence-corrected chi connectivity index (χ1v) is 7.48. The van der Waals surface area contributed by atoms with Crippen LogP contribution in [0, 0.1) is 6.92 Å². The van der Waals surface area contributed by atoms with Gasteiger partial charge in [0.05, 0.1) is 18.2 Å². The third kappa shape index (κ3) is 5.85. The maximum absolute atomic E-state index is 12.1. The lowest BCUT2D eigenvalue weighted by atomic mass is 10.2. The molecule has 2 rings (SSSR count). The van der Waals surface area contributed by atoms with Gasteiger partial charge in [-0.05, 0) is 36.8 Å². The molecule has 0 radical (unpaired) electrons. The standard InChI is InChI=1S/C18H22N2O3.ClH/c1-13-6-5-7-14(10-13)23-17-9-4-3-8-16(17)20-18(21)11-15(12-19)22-2;/h3-10,15H,11-12,19H2,1-2H3,(H,20,21);1H. The van der Waals surface area contributed by atoms with E-state index in [9.17, 15) is 4.79 Å². The number of amides is 1. The molecule has 0 spiro atoms. The molecule has 0 saturated carbocycles. The molecule has 0 aromatic heterocycles. The van der Waals surface area contributed by atoms with E-state index >= 15 is 0 Å². The number of rotatable bonds is 7. The van der Waals surface area contributed by atoms with Crippen molar-refractivity contribution in [3.05, 3.63) is 54.1 Å². The van der Waals surface area contributed by atoms with Crippen molar-refractivity contribution in [2.45, 2.75) is 19.4 Å². The number of hydrogen-bond donors (Lipinski definition) is 2. The second kappa shape index (κ2) is 9.93. The number of para-hydroxylation sites is 2. The summed E-state index contributed by atoms with van der Waals surface area (Å²) in [4.78, 5) is 12.1. The van der Waals surface area contributed by atoms with Crippen LogP contribution < -0.4 is 15.8 Å². The Morgan fingerprint density at radius 1 is 1.21 bits per heavy atom. The summed E-state index contributed by atoms with van der Waals surface area (Å²) in [6.07, 6.45) is -0.0916. The van der Waals surface area contributed by atoms with E-state index in [4.69, 9.17) is 15.2 Å². The van der Waals surface area contributed by atoms with E-state index in [0.717, 1.165) is 11.3 Å². The highest BCUT2D eigenvalue weighted by Crippen LogP contribution is 2.29. The number of halogens is 1. The lowest BCUT2D eigenvalue weighted by Gasteiger charge is -2.15. The quantitative estimate of drug-likeness (QED) is 0.801. The van der Waals surface area contributed by atoms with Crippen molar-refractivity contribution in [3.8, 4) is 11.5 Å². The number of benzene rings is 2. The Bertz CT molecular complexity index is 660. The van der Waals surface area contributed by atoms with Crippen molar-refractivity contribution in [3.63, 3.8) is 0 Å². The Labute approximate surface area is 148 Å². The molecule has 2 aromatic rings. The third-order valence-electron chi connectivity index (χ3n) is 3.39. The number of ether oxygens (including phenoxy) is 2. The van der Waals surface area contributed by atoms with E-state index in [0.29, 0.717) is 18.0 Å². The van der Waals surface area contributed by atoms with E-state index in [1.54, 1.807) is 13.2 Å². The van der Waals surface area contributed by atoms with Crippen molar-refractivity contribution in [2.75, 3.05) is 19.0 Å². The summed E-state index contributed by atoms with van der Waals surface area (Å²) < 4.78 is 11.0. The minimum atomic E-state index is -0.292. The number of aryl methyl sites for hydroxylation is 1. The van der Waals surface area contributed by atoms with Crippen LogP contribution in [0.3, 0.4) is 0 Å². The predicted molar refractivity (Wildman–Crippen MR) is 98.0 cm³/mol.